The molecule has 0 fully saturated rings. The minimum atomic E-state index is -0.155. The summed E-state index contributed by atoms with van der Waals surface area (Å²) in [6.07, 6.45) is 3.40. The van der Waals surface area contributed by atoms with Gasteiger partial charge in [-0.15, -0.1) is 0 Å². The van der Waals surface area contributed by atoms with Crippen LogP contribution in [-0.2, 0) is 6.54 Å². The van der Waals surface area contributed by atoms with Crippen molar-refractivity contribution in [2.45, 2.75) is 26.5 Å². The van der Waals surface area contributed by atoms with Gasteiger partial charge in [0.25, 0.3) is 5.91 Å². The van der Waals surface area contributed by atoms with Crippen molar-refractivity contribution >= 4 is 17.2 Å². The minimum absolute atomic E-state index is 0.104. The van der Waals surface area contributed by atoms with Gasteiger partial charge in [-0.3, -0.25) is 14.8 Å². The Kier molecular flexibility index (Phi) is 5.40. The fourth-order valence-corrected chi connectivity index (χ4v) is 3.00. The van der Waals surface area contributed by atoms with Crippen molar-refractivity contribution in [2.24, 2.45) is 0 Å². The van der Waals surface area contributed by atoms with Crippen LogP contribution in [0.5, 0.6) is 5.75 Å². The van der Waals surface area contributed by atoms with Crippen LogP contribution in [0.25, 0.3) is 11.3 Å². The third-order valence-electron chi connectivity index (χ3n) is 3.47. The van der Waals surface area contributed by atoms with Crippen molar-refractivity contribution < 1.29 is 9.53 Å². The van der Waals surface area contributed by atoms with E-state index in [0.29, 0.717) is 12.1 Å². The Labute approximate surface area is 150 Å². The monoisotopic (exact) mass is 353 g/mol. The van der Waals surface area contributed by atoms with Crippen LogP contribution in [-0.4, -0.2) is 22.0 Å². The van der Waals surface area contributed by atoms with Gasteiger partial charge in [0.05, 0.1) is 24.0 Å². The number of aromatic nitrogens is 2. The lowest BCUT2D eigenvalue weighted by molar-refractivity contribution is 0.0950. The summed E-state index contributed by atoms with van der Waals surface area (Å²) < 4.78 is 5.59. The summed E-state index contributed by atoms with van der Waals surface area (Å²) in [5.74, 6) is 0.596. The number of nitrogens with one attached hydrogen (secondary N) is 1. The molecule has 0 unspecified atom stereocenters. The van der Waals surface area contributed by atoms with E-state index in [0.717, 1.165) is 22.7 Å². The molecule has 3 rings (SSSR count). The number of benzene rings is 1. The van der Waals surface area contributed by atoms with E-state index in [-0.39, 0.29) is 12.0 Å². The maximum Gasteiger partial charge on any atom is 0.251 e. The van der Waals surface area contributed by atoms with Crippen molar-refractivity contribution in [3.8, 4) is 17.0 Å². The van der Waals surface area contributed by atoms with Crippen molar-refractivity contribution in [1.82, 2.24) is 15.3 Å². The summed E-state index contributed by atoms with van der Waals surface area (Å²) in [5, 5.41) is 6.91. The van der Waals surface area contributed by atoms with Gasteiger partial charge in [0.15, 0.2) is 0 Å². The highest BCUT2D eigenvalue weighted by atomic mass is 32.1. The molecule has 0 atom stereocenters. The average Bonchev–Trinajstić information content (AvgIpc) is 3.14. The topological polar surface area (TPSA) is 64.1 Å². The Balaban J connectivity index is 1.67. The standard InChI is InChI=1S/C19H19N3O2S/c1-13(2)24-16-5-3-14(4-6-16)19(23)22-11-17-18(21-9-8-20-17)15-7-10-25-12-15/h3-10,12-13H,11H2,1-2H3,(H,22,23). The minimum Gasteiger partial charge on any atom is -0.491 e. The van der Waals surface area contributed by atoms with E-state index in [2.05, 4.69) is 15.3 Å². The molecule has 0 saturated heterocycles. The molecule has 1 amide bonds. The number of rotatable bonds is 6. The molecule has 3 aromatic rings. The summed E-state index contributed by atoms with van der Waals surface area (Å²) >= 11 is 1.60. The van der Waals surface area contributed by atoms with Crippen molar-refractivity contribution in [3.05, 3.63) is 64.7 Å². The average molecular weight is 353 g/mol. The number of hydrogen-bond donors (Lipinski definition) is 1. The van der Waals surface area contributed by atoms with Gasteiger partial charge in [0.1, 0.15) is 5.75 Å². The van der Waals surface area contributed by atoms with Crippen LogP contribution in [0.4, 0.5) is 0 Å². The summed E-state index contributed by atoms with van der Waals surface area (Å²) in [4.78, 5) is 21.1. The second kappa shape index (κ2) is 7.90. The Morgan fingerprint density at radius 3 is 2.60 bits per heavy atom. The highest BCUT2D eigenvalue weighted by Gasteiger charge is 2.11. The molecule has 128 valence electrons. The largest absolute Gasteiger partial charge is 0.491 e. The van der Waals surface area contributed by atoms with Crippen LogP contribution in [0.3, 0.4) is 0 Å². The third kappa shape index (κ3) is 4.42. The fourth-order valence-electron chi connectivity index (χ4n) is 2.36. The Morgan fingerprint density at radius 2 is 1.92 bits per heavy atom. The first-order valence-electron chi connectivity index (χ1n) is 8.01. The second-order valence-corrected chi connectivity index (χ2v) is 6.52. The van der Waals surface area contributed by atoms with Gasteiger partial charge in [-0.1, -0.05) is 0 Å². The van der Waals surface area contributed by atoms with Crippen molar-refractivity contribution in [3.63, 3.8) is 0 Å². The summed E-state index contributed by atoms with van der Waals surface area (Å²) in [6, 6.07) is 9.10. The van der Waals surface area contributed by atoms with Crippen LogP contribution in [0.15, 0.2) is 53.5 Å². The predicted molar refractivity (Wildman–Crippen MR) is 98.7 cm³/mol. The zero-order valence-corrected chi connectivity index (χ0v) is 14.9. The zero-order chi connectivity index (χ0) is 17.6. The van der Waals surface area contributed by atoms with Crippen LogP contribution in [0.1, 0.15) is 29.9 Å². The number of thiophene rings is 1. The molecule has 1 N–H and O–H groups in total. The van der Waals surface area contributed by atoms with Crippen molar-refractivity contribution in [2.75, 3.05) is 0 Å². The second-order valence-electron chi connectivity index (χ2n) is 5.74. The zero-order valence-electron chi connectivity index (χ0n) is 14.1. The van der Waals surface area contributed by atoms with Crippen molar-refractivity contribution in [1.29, 1.82) is 0 Å². The molecule has 0 aliphatic heterocycles. The van der Waals surface area contributed by atoms with E-state index in [4.69, 9.17) is 4.74 Å². The molecule has 0 spiro atoms. The molecule has 2 heterocycles. The van der Waals surface area contributed by atoms with Crippen LogP contribution < -0.4 is 10.1 Å². The van der Waals surface area contributed by atoms with E-state index in [1.165, 1.54) is 0 Å². The first-order valence-corrected chi connectivity index (χ1v) is 8.95. The molecule has 0 saturated carbocycles. The van der Waals surface area contributed by atoms with Gasteiger partial charge in [-0.2, -0.15) is 11.3 Å². The van der Waals surface area contributed by atoms with Gasteiger partial charge in [-0.25, -0.2) is 0 Å². The van der Waals surface area contributed by atoms with E-state index < -0.39 is 0 Å². The molecule has 25 heavy (non-hydrogen) atoms. The van der Waals surface area contributed by atoms with Gasteiger partial charge < -0.3 is 10.1 Å². The summed E-state index contributed by atoms with van der Waals surface area (Å²) in [5.41, 5.74) is 3.13. The lowest BCUT2D eigenvalue weighted by Crippen LogP contribution is -2.23. The van der Waals surface area contributed by atoms with E-state index in [1.807, 2.05) is 30.7 Å². The molecule has 1 aromatic carbocycles. The van der Waals surface area contributed by atoms with Crippen LogP contribution in [0, 0.1) is 0 Å². The van der Waals surface area contributed by atoms with E-state index in [9.17, 15) is 4.79 Å². The molecular weight excluding hydrogens is 334 g/mol. The lowest BCUT2D eigenvalue weighted by Gasteiger charge is -2.11. The third-order valence-corrected chi connectivity index (χ3v) is 4.16. The SMILES string of the molecule is CC(C)Oc1ccc(C(=O)NCc2nccnc2-c2ccsc2)cc1. The number of nitrogens with zero attached hydrogens (tertiary/aromatic N) is 2. The first-order chi connectivity index (χ1) is 12.1. The highest BCUT2D eigenvalue weighted by Crippen LogP contribution is 2.22. The maximum atomic E-state index is 12.4. The van der Waals surface area contributed by atoms with Gasteiger partial charge >= 0.3 is 0 Å². The fraction of sp³-hybridized carbons (Fsp3) is 0.211. The molecule has 5 nitrogen and oxygen atoms in total. The number of amides is 1. The van der Waals surface area contributed by atoms with Gasteiger partial charge in [0, 0.05) is 28.9 Å². The Hall–Kier alpha value is -2.73. The van der Waals surface area contributed by atoms with Crippen LogP contribution in [0.2, 0.25) is 0 Å². The predicted octanol–water partition coefficient (Wildman–Crippen LogP) is 3.92. The summed E-state index contributed by atoms with van der Waals surface area (Å²) in [7, 11) is 0. The Morgan fingerprint density at radius 1 is 1.16 bits per heavy atom. The smallest absolute Gasteiger partial charge is 0.251 e. The van der Waals surface area contributed by atoms with Gasteiger partial charge in [0.2, 0.25) is 0 Å². The number of carbonyl (C=O) groups excluding carboxylic acids is 1. The molecule has 6 heteroatoms. The summed E-state index contributed by atoms with van der Waals surface area (Å²) in [6.45, 7) is 4.25. The molecule has 0 radical (unpaired) electrons. The van der Waals surface area contributed by atoms with E-state index in [1.54, 1.807) is 48.0 Å². The number of hydrogen-bond acceptors (Lipinski definition) is 5. The van der Waals surface area contributed by atoms with Crippen LogP contribution >= 0.6 is 11.3 Å². The highest BCUT2D eigenvalue weighted by molar-refractivity contribution is 7.08. The molecule has 2 aromatic heterocycles. The number of ether oxygens (including phenoxy) is 1. The first kappa shape index (κ1) is 17.1. The van der Waals surface area contributed by atoms with E-state index >= 15 is 0 Å². The number of carbonyl (C=O) groups is 1. The maximum absolute atomic E-state index is 12.4. The quantitative estimate of drug-likeness (QED) is 0.729. The lowest BCUT2D eigenvalue weighted by atomic mass is 10.1. The molecular formula is C19H19N3O2S. The van der Waals surface area contributed by atoms with Gasteiger partial charge in [-0.05, 0) is 49.6 Å². The molecule has 0 aliphatic rings. The Bertz CT molecular complexity index is 830. The molecule has 0 aliphatic carbocycles. The normalized spacial score (nSPS) is 10.7. The molecule has 0 bridgehead atoms.